The van der Waals surface area contributed by atoms with Gasteiger partial charge in [-0.15, -0.1) is 12.4 Å². The van der Waals surface area contributed by atoms with Gasteiger partial charge in [0.1, 0.15) is 6.61 Å². The molecule has 4 nitrogen and oxygen atoms in total. The van der Waals surface area contributed by atoms with Gasteiger partial charge in [0.15, 0.2) is 0 Å². The Morgan fingerprint density at radius 2 is 1.62 bits per heavy atom. The van der Waals surface area contributed by atoms with Crippen LogP contribution in [0.4, 0.5) is 0 Å². The lowest BCUT2D eigenvalue weighted by Crippen LogP contribution is -2.43. The van der Waals surface area contributed by atoms with E-state index in [0.29, 0.717) is 17.7 Å². The van der Waals surface area contributed by atoms with E-state index in [4.69, 9.17) is 4.74 Å². The van der Waals surface area contributed by atoms with Gasteiger partial charge in [0.2, 0.25) is 5.60 Å². The average Bonchev–Trinajstić information content (AvgIpc) is 2.68. The predicted octanol–water partition coefficient (Wildman–Crippen LogP) is 3.37. The molecule has 1 heterocycles. The number of piperidine rings is 1. The molecule has 140 valence electrons. The van der Waals surface area contributed by atoms with Crippen LogP contribution >= 0.6 is 12.4 Å². The fourth-order valence-electron chi connectivity index (χ4n) is 3.39. The highest BCUT2D eigenvalue weighted by atomic mass is 35.5. The zero-order chi connectivity index (χ0) is 17.7. The van der Waals surface area contributed by atoms with Crippen LogP contribution in [-0.2, 0) is 15.1 Å². The van der Waals surface area contributed by atoms with E-state index >= 15 is 0 Å². The van der Waals surface area contributed by atoms with Crippen molar-refractivity contribution in [1.29, 1.82) is 0 Å². The molecule has 0 amide bonds. The molecule has 2 aromatic carbocycles. The quantitative estimate of drug-likeness (QED) is 0.814. The van der Waals surface area contributed by atoms with Crippen molar-refractivity contribution < 1.29 is 14.6 Å². The molecule has 1 saturated heterocycles. The summed E-state index contributed by atoms with van der Waals surface area (Å²) in [5.41, 5.74) is -0.762. The topological polar surface area (TPSA) is 49.8 Å². The van der Waals surface area contributed by atoms with E-state index < -0.39 is 11.6 Å². The largest absolute Gasteiger partial charge is 0.461 e. The Labute approximate surface area is 161 Å². The minimum atomic E-state index is -1.80. The number of carbonyl (C=O) groups is 1. The molecule has 0 spiro atoms. The molecule has 1 aliphatic heterocycles. The number of rotatable bonds is 5. The normalized spacial score (nSPS) is 18.0. The van der Waals surface area contributed by atoms with Gasteiger partial charge < -0.3 is 14.7 Å². The average molecular weight is 376 g/mol. The second-order valence-electron chi connectivity index (χ2n) is 6.67. The van der Waals surface area contributed by atoms with Crippen LogP contribution in [0.25, 0.3) is 0 Å². The van der Waals surface area contributed by atoms with E-state index in [1.165, 1.54) is 6.42 Å². The van der Waals surface area contributed by atoms with E-state index in [1.54, 1.807) is 24.3 Å². The smallest absolute Gasteiger partial charge is 0.347 e. The lowest BCUT2D eigenvalue weighted by atomic mass is 9.86. The Morgan fingerprint density at radius 1 is 1.08 bits per heavy atom. The number of halogens is 1. The number of ether oxygens (including phenoxy) is 1. The van der Waals surface area contributed by atoms with E-state index in [2.05, 4.69) is 11.9 Å². The van der Waals surface area contributed by atoms with E-state index in [9.17, 15) is 9.90 Å². The monoisotopic (exact) mass is 375 g/mol. The van der Waals surface area contributed by atoms with Gasteiger partial charge in [0.05, 0.1) is 0 Å². The summed E-state index contributed by atoms with van der Waals surface area (Å²) in [7, 11) is 2.05. The van der Waals surface area contributed by atoms with Crippen LogP contribution < -0.4 is 0 Å². The van der Waals surface area contributed by atoms with Gasteiger partial charge in [-0.2, -0.15) is 0 Å². The molecule has 1 atom stereocenters. The van der Waals surface area contributed by atoms with Gasteiger partial charge >= 0.3 is 5.97 Å². The molecule has 3 rings (SSSR count). The second-order valence-corrected chi connectivity index (χ2v) is 6.67. The molecule has 0 saturated carbocycles. The summed E-state index contributed by atoms with van der Waals surface area (Å²) < 4.78 is 5.60. The molecule has 2 aromatic rings. The summed E-state index contributed by atoms with van der Waals surface area (Å²) >= 11 is 0. The SMILES string of the molecule is CN1CCCCC1COC(=O)C(O)(c1ccccc1)c1ccccc1.Cl. The predicted molar refractivity (Wildman–Crippen MR) is 104 cm³/mol. The fourth-order valence-corrected chi connectivity index (χ4v) is 3.39. The highest BCUT2D eigenvalue weighted by molar-refractivity contribution is 5.85. The molecule has 1 aliphatic rings. The van der Waals surface area contributed by atoms with Crippen LogP contribution in [0.1, 0.15) is 30.4 Å². The van der Waals surface area contributed by atoms with Crippen molar-refractivity contribution in [1.82, 2.24) is 4.90 Å². The van der Waals surface area contributed by atoms with Gasteiger partial charge in [-0.05, 0) is 37.6 Å². The zero-order valence-corrected chi connectivity index (χ0v) is 15.8. The van der Waals surface area contributed by atoms with Gasteiger partial charge in [-0.3, -0.25) is 0 Å². The Bertz CT molecular complexity index is 653. The summed E-state index contributed by atoms with van der Waals surface area (Å²) in [6.45, 7) is 1.32. The molecule has 0 radical (unpaired) electrons. The van der Waals surface area contributed by atoms with Crippen molar-refractivity contribution in [3.8, 4) is 0 Å². The summed E-state index contributed by atoms with van der Waals surface area (Å²) in [6.07, 6.45) is 3.34. The van der Waals surface area contributed by atoms with Crippen molar-refractivity contribution in [3.05, 3.63) is 71.8 Å². The number of likely N-dealkylation sites (tertiary alicyclic amines) is 1. The van der Waals surface area contributed by atoms with Crippen LogP contribution in [0.3, 0.4) is 0 Å². The van der Waals surface area contributed by atoms with Crippen LogP contribution in [0, 0.1) is 0 Å². The molecule has 26 heavy (non-hydrogen) atoms. The van der Waals surface area contributed by atoms with Crippen LogP contribution in [0.5, 0.6) is 0 Å². The Balaban J connectivity index is 0.00000243. The van der Waals surface area contributed by atoms with Gasteiger partial charge in [0.25, 0.3) is 0 Å². The number of nitrogens with zero attached hydrogens (tertiary/aromatic N) is 1. The number of carbonyl (C=O) groups excluding carboxylic acids is 1. The first-order chi connectivity index (χ1) is 12.1. The first kappa shape index (κ1) is 20.4. The number of hydrogen-bond donors (Lipinski definition) is 1. The summed E-state index contributed by atoms with van der Waals surface area (Å²) in [4.78, 5) is 15.1. The first-order valence-electron chi connectivity index (χ1n) is 8.83. The molecule has 0 aromatic heterocycles. The fraction of sp³-hybridized carbons (Fsp3) is 0.381. The highest BCUT2D eigenvalue weighted by Crippen LogP contribution is 2.31. The minimum Gasteiger partial charge on any atom is -0.461 e. The van der Waals surface area contributed by atoms with Gasteiger partial charge in [-0.25, -0.2) is 4.79 Å². The van der Waals surface area contributed by atoms with E-state index in [0.717, 1.165) is 19.4 Å². The number of aliphatic hydroxyl groups is 1. The standard InChI is InChI=1S/C21H25NO3.ClH/c1-22-15-9-8-14-19(22)16-25-20(23)21(24,17-10-4-2-5-11-17)18-12-6-3-7-13-18;/h2-7,10-13,19,24H,8-9,14-16H2,1H3;1H. The lowest BCUT2D eigenvalue weighted by Gasteiger charge is -2.33. The van der Waals surface area contributed by atoms with Crippen molar-refractivity contribution in [2.75, 3.05) is 20.2 Å². The third kappa shape index (κ3) is 4.26. The van der Waals surface area contributed by atoms with Gasteiger partial charge in [-0.1, -0.05) is 67.1 Å². The maximum atomic E-state index is 12.9. The first-order valence-corrected chi connectivity index (χ1v) is 8.83. The lowest BCUT2D eigenvalue weighted by molar-refractivity contribution is -0.164. The molecule has 1 N–H and O–H groups in total. The number of benzene rings is 2. The Hall–Kier alpha value is -1.88. The Morgan fingerprint density at radius 3 is 2.12 bits per heavy atom. The van der Waals surface area contributed by atoms with Crippen LogP contribution in [0.2, 0.25) is 0 Å². The number of hydrogen-bond acceptors (Lipinski definition) is 4. The Kier molecular flexibility index (Phi) is 7.21. The van der Waals surface area contributed by atoms with Gasteiger partial charge in [0, 0.05) is 6.04 Å². The van der Waals surface area contributed by atoms with Crippen LogP contribution in [-0.4, -0.2) is 42.2 Å². The highest BCUT2D eigenvalue weighted by Gasteiger charge is 2.42. The third-order valence-electron chi connectivity index (χ3n) is 5.01. The summed E-state index contributed by atoms with van der Waals surface area (Å²) in [5, 5.41) is 11.3. The van der Waals surface area contributed by atoms with Crippen molar-refractivity contribution in [2.45, 2.75) is 30.9 Å². The molecular weight excluding hydrogens is 350 g/mol. The molecule has 1 fully saturated rings. The number of likely N-dealkylation sites (N-methyl/N-ethyl adjacent to an activating group) is 1. The minimum absolute atomic E-state index is 0. The van der Waals surface area contributed by atoms with Crippen molar-refractivity contribution in [3.63, 3.8) is 0 Å². The van der Waals surface area contributed by atoms with Crippen molar-refractivity contribution >= 4 is 18.4 Å². The second kappa shape index (κ2) is 9.17. The third-order valence-corrected chi connectivity index (χ3v) is 5.01. The zero-order valence-electron chi connectivity index (χ0n) is 15.0. The van der Waals surface area contributed by atoms with Crippen molar-refractivity contribution in [2.24, 2.45) is 0 Å². The summed E-state index contributed by atoms with van der Waals surface area (Å²) in [5.74, 6) is -0.621. The maximum Gasteiger partial charge on any atom is 0.347 e. The molecule has 1 unspecified atom stereocenters. The number of esters is 1. The van der Waals surface area contributed by atoms with E-state index in [-0.39, 0.29) is 18.4 Å². The molecule has 5 heteroatoms. The van der Waals surface area contributed by atoms with E-state index in [1.807, 2.05) is 36.4 Å². The van der Waals surface area contributed by atoms with Crippen LogP contribution in [0.15, 0.2) is 60.7 Å². The molecule has 0 aliphatic carbocycles. The molecule has 0 bridgehead atoms. The maximum absolute atomic E-state index is 12.9. The molecular formula is C21H26ClNO3. The summed E-state index contributed by atoms with van der Waals surface area (Å²) in [6, 6.07) is 18.2.